The van der Waals surface area contributed by atoms with E-state index in [-0.39, 0.29) is 24.1 Å². The number of alkyl halides is 3. The fraction of sp³-hybridized carbons (Fsp3) is 0.304. The highest BCUT2D eigenvalue weighted by atomic mass is 19.4. The number of hydrogen-bond donors (Lipinski definition) is 3. The molecule has 0 saturated carbocycles. The molecule has 1 fully saturated rings. The van der Waals surface area contributed by atoms with Gasteiger partial charge in [0.15, 0.2) is 0 Å². The second-order valence-corrected chi connectivity index (χ2v) is 8.08. The van der Waals surface area contributed by atoms with E-state index in [1.165, 1.54) is 11.3 Å². The summed E-state index contributed by atoms with van der Waals surface area (Å²) >= 11 is 0. The first-order chi connectivity index (χ1) is 16.1. The van der Waals surface area contributed by atoms with Gasteiger partial charge in [0, 0.05) is 30.8 Å². The van der Waals surface area contributed by atoms with Crippen molar-refractivity contribution in [3.8, 4) is 11.1 Å². The van der Waals surface area contributed by atoms with Crippen LogP contribution in [0.25, 0.3) is 11.1 Å². The fourth-order valence-electron chi connectivity index (χ4n) is 4.33. The summed E-state index contributed by atoms with van der Waals surface area (Å²) in [6.45, 7) is 1.35. The first-order valence-corrected chi connectivity index (χ1v) is 10.5. The number of carboxylic acid groups (broad SMARTS) is 1. The van der Waals surface area contributed by atoms with Crippen LogP contribution in [-0.4, -0.2) is 52.5 Å². The highest BCUT2D eigenvalue weighted by Gasteiger charge is 2.40. The van der Waals surface area contributed by atoms with Crippen molar-refractivity contribution in [2.24, 2.45) is 0 Å². The van der Waals surface area contributed by atoms with Crippen LogP contribution in [-0.2, 0) is 27.3 Å². The van der Waals surface area contributed by atoms with Gasteiger partial charge in [0.2, 0.25) is 11.8 Å². The highest BCUT2D eigenvalue weighted by molar-refractivity contribution is 6.06. The third-order valence-corrected chi connectivity index (χ3v) is 5.95. The molecule has 0 aliphatic carbocycles. The van der Waals surface area contributed by atoms with Crippen LogP contribution in [0.1, 0.15) is 34.3 Å². The van der Waals surface area contributed by atoms with Gasteiger partial charge < -0.3 is 15.3 Å². The van der Waals surface area contributed by atoms with Gasteiger partial charge in [-0.25, -0.2) is 4.79 Å². The molecule has 5 rings (SSSR count). The molecule has 0 radical (unpaired) electrons. The van der Waals surface area contributed by atoms with E-state index in [0.29, 0.717) is 18.5 Å². The fourth-order valence-corrected chi connectivity index (χ4v) is 4.33. The van der Waals surface area contributed by atoms with Gasteiger partial charge in [-0.3, -0.25) is 19.7 Å². The lowest BCUT2D eigenvalue weighted by Gasteiger charge is -2.29. The van der Waals surface area contributed by atoms with E-state index in [4.69, 9.17) is 9.90 Å². The molecule has 0 bridgehead atoms. The second kappa shape index (κ2) is 8.81. The molecule has 11 heteroatoms. The van der Waals surface area contributed by atoms with Crippen LogP contribution in [0.2, 0.25) is 0 Å². The Bertz CT molecular complexity index is 1190. The zero-order valence-corrected chi connectivity index (χ0v) is 17.7. The minimum absolute atomic E-state index is 0.135. The van der Waals surface area contributed by atoms with Gasteiger partial charge in [-0.05, 0) is 53.3 Å². The summed E-state index contributed by atoms with van der Waals surface area (Å²) in [4.78, 5) is 47.1. The van der Waals surface area contributed by atoms with E-state index < -0.39 is 18.2 Å². The number of carbonyl (C=O) groups is 4. The molecule has 1 saturated heterocycles. The molecule has 178 valence electrons. The molecule has 0 spiro atoms. The van der Waals surface area contributed by atoms with Gasteiger partial charge in [-0.15, -0.1) is 0 Å². The topological polar surface area (TPSA) is 116 Å². The Kier molecular flexibility index (Phi) is 6.03. The zero-order chi connectivity index (χ0) is 24.6. The summed E-state index contributed by atoms with van der Waals surface area (Å²) in [5.41, 5.74) is 6.19. The maximum Gasteiger partial charge on any atom is 0.490 e. The molecule has 3 amide bonds. The smallest absolute Gasteiger partial charge is 0.475 e. The second-order valence-electron chi connectivity index (χ2n) is 8.08. The summed E-state index contributed by atoms with van der Waals surface area (Å²) in [5.74, 6) is -3.54. The molecule has 3 aliphatic heterocycles. The van der Waals surface area contributed by atoms with Crippen LogP contribution in [0.4, 0.5) is 18.9 Å². The molecule has 3 heterocycles. The van der Waals surface area contributed by atoms with Crippen molar-refractivity contribution in [3.63, 3.8) is 0 Å². The molecular weight excluding hydrogens is 455 g/mol. The lowest BCUT2D eigenvalue weighted by molar-refractivity contribution is -0.192. The molecule has 2 aromatic carbocycles. The number of halogens is 3. The summed E-state index contributed by atoms with van der Waals surface area (Å²) in [6.07, 6.45) is -3.44. The minimum Gasteiger partial charge on any atom is -0.475 e. The van der Waals surface area contributed by atoms with E-state index >= 15 is 0 Å². The van der Waals surface area contributed by atoms with E-state index in [1.807, 2.05) is 18.2 Å². The normalized spacial score (nSPS) is 19.0. The van der Waals surface area contributed by atoms with Crippen LogP contribution in [0.15, 0.2) is 36.4 Å². The molecule has 3 N–H and O–H groups in total. The number of carbonyl (C=O) groups excluding carboxylic acids is 3. The number of nitrogens with zero attached hydrogens (tertiary/aromatic N) is 1. The van der Waals surface area contributed by atoms with Crippen LogP contribution in [0.3, 0.4) is 0 Å². The molecule has 1 unspecified atom stereocenters. The van der Waals surface area contributed by atoms with Gasteiger partial charge in [-0.1, -0.05) is 18.2 Å². The van der Waals surface area contributed by atoms with E-state index in [1.54, 1.807) is 4.90 Å². The minimum atomic E-state index is -5.08. The Morgan fingerprint density at radius 3 is 2.44 bits per heavy atom. The molecule has 1 atom stereocenters. The first kappa shape index (κ1) is 23.3. The van der Waals surface area contributed by atoms with Crippen molar-refractivity contribution in [1.29, 1.82) is 0 Å². The lowest BCUT2D eigenvalue weighted by atomic mass is 9.95. The highest BCUT2D eigenvalue weighted by Crippen LogP contribution is 2.36. The molecule has 8 nitrogen and oxygen atoms in total. The summed E-state index contributed by atoms with van der Waals surface area (Å²) in [5, 5.41) is 12.8. The van der Waals surface area contributed by atoms with E-state index in [0.717, 1.165) is 29.7 Å². The lowest BCUT2D eigenvalue weighted by Crippen LogP contribution is -2.52. The zero-order valence-electron chi connectivity index (χ0n) is 17.7. The van der Waals surface area contributed by atoms with Crippen molar-refractivity contribution >= 4 is 29.4 Å². The molecule has 0 aromatic heterocycles. The SMILES string of the molecule is O=C(O)C(F)(F)F.O=C1CCC(N2Cc3c(cccc3-c3ccc4c(c3)CCN4)C2=O)C(=O)N1. The van der Waals surface area contributed by atoms with Crippen molar-refractivity contribution in [3.05, 3.63) is 53.1 Å². The number of nitrogens with one attached hydrogen (secondary N) is 2. The maximum atomic E-state index is 12.9. The van der Waals surface area contributed by atoms with Crippen LogP contribution in [0.5, 0.6) is 0 Å². The Hall–Kier alpha value is -3.89. The quantitative estimate of drug-likeness (QED) is 0.576. The number of carboxylic acids is 1. The largest absolute Gasteiger partial charge is 0.490 e. The molecular formula is C23H20F3N3O5. The number of hydrogen-bond acceptors (Lipinski definition) is 5. The van der Waals surface area contributed by atoms with Gasteiger partial charge >= 0.3 is 12.1 Å². The predicted molar refractivity (Wildman–Crippen MR) is 114 cm³/mol. The van der Waals surface area contributed by atoms with E-state index in [2.05, 4.69) is 28.8 Å². The van der Waals surface area contributed by atoms with Gasteiger partial charge in [0.1, 0.15) is 6.04 Å². The van der Waals surface area contributed by atoms with Crippen LogP contribution >= 0.6 is 0 Å². The van der Waals surface area contributed by atoms with Gasteiger partial charge in [-0.2, -0.15) is 13.2 Å². The van der Waals surface area contributed by atoms with Crippen LogP contribution < -0.4 is 10.6 Å². The van der Waals surface area contributed by atoms with Crippen molar-refractivity contribution < 1.29 is 37.5 Å². The van der Waals surface area contributed by atoms with Crippen molar-refractivity contribution in [2.45, 2.75) is 38.0 Å². The Balaban J connectivity index is 0.000000344. The average Bonchev–Trinajstić information content (AvgIpc) is 3.37. The number of aliphatic carboxylic acids is 1. The Labute approximate surface area is 191 Å². The third-order valence-electron chi connectivity index (χ3n) is 5.95. The number of fused-ring (bicyclic) bond motifs is 2. The molecule has 3 aliphatic rings. The molecule has 2 aromatic rings. The van der Waals surface area contributed by atoms with Gasteiger partial charge in [0.05, 0.1) is 0 Å². The predicted octanol–water partition coefficient (Wildman–Crippen LogP) is 2.72. The van der Waals surface area contributed by atoms with E-state index in [9.17, 15) is 27.6 Å². The average molecular weight is 475 g/mol. The maximum absolute atomic E-state index is 12.9. The first-order valence-electron chi connectivity index (χ1n) is 10.5. The third kappa shape index (κ3) is 4.45. The summed E-state index contributed by atoms with van der Waals surface area (Å²) < 4.78 is 31.7. The number of imide groups is 1. The van der Waals surface area contributed by atoms with Gasteiger partial charge in [0.25, 0.3) is 5.91 Å². The number of amides is 3. The number of rotatable bonds is 2. The number of piperidine rings is 1. The molecule has 34 heavy (non-hydrogen) atoms. The standard InChI is InChI=1S/C21H19N3O3.C2HF3O2/c25-19-7-6-18(20(26)23-19)24-11-16-14(2-1-3-15(16)21(24)27)12-4-5-17-13(10-12)8-9-22-17;3-2(4,5)1(6)7/h1-5,10,18,22H,6-9,11H2,(H,23,25,26);(H,6,7). The van der Waals surface area contributed by atoms with Crippen LogP contribution in [0, 0.1) is 0 Å². The summed E-state index contributed by atoms with van der Waals surface area (Å²) in [6, 6.07) is 11.5. The summed E-state index contributed by atoms with van der Waals surface area (Å²) in [7, 11) is 0. The van der Waals surface area contributed by atoms with Crippen molar-refractivity contribution in [1.82, 2.24) is 10.2 Å². The monoisotopic (exact) mass is 475 g/mol. The van der Waals surface area contributed by atoms with Crippen molar-refractivity contribution in [2.75, 3.05) is 11.9 Å². The Morgan fingerprint density at radius 1 is 1.06 bits per heavy atom. The number of benzene rings is 2. The Morgan fingerprint density at radius 2 is 1.76 bits per heavy atom. The number of anilines is 1.